The van der Waals surface area contributed by atoms with Gasteiger partial charge in [0.1, 0.15) is 11.5 Å². The highest BCUT2D eigenvalue weighted by Gasteiger charge is 2.15. The van der Waals surface area contributed by atoms with Crippen molar-refractivity contribution in [3.05, 3.63) is 52.6 Å². The number of nitrogens with one attached hydrogen (secondary N) is 2. The lowest BCUT2D eigenvalue weighted by atomic mass is 10.2. The third-order valence-electron chi connectivity index (χ3n) is 3.64. The highest BCUT2D eigenvalue weighted by molar-refractivity contribution is 6.33. The average Bonchev–Trinajstić information content (AvgIpc) is 2.60. The van der Waals surface area contributed by atoms with E-state index >= 15 is 0 Å². The summed E-state index contributed by atoms with van der Waals surface area (Å²) < 4.78 is 0. The van der Waals surface area contributed by atoms with Crippen molar-refractivity contribution >= 4 is 29.1 Å². The molecule has 2 amide bonds. The van der Waals surface area contributed by atoms with E-state index < -0.39 is 0 Å². The van der Waals surface area contributed by atoms with Crippen molar-refractivity contribution < 1.29 is 9.59 Å². The summed E-state index contributed by atoms with van der Waals surface area (Å²) in [7, 11) is 0. The van der Waals surface area contributed by atoms with Crippen LogP contribution in [0.15, 0.2) is 30.5 Å². The summed E-state index contributed by atoms with van der Waals surface area (Å²) in [5, 5.41) is 5.86. The summed E-state index contributed by atoms with van der Waals surface area (Å²) >= 11 is 6.06. The summed E-state index contributed by atoms with van der Waals surface area (Å²) in [6.07, 6.45) is 2.72. The molecule has 2 aromatic rings. The first-order valence-corrected chi connectivity index (χ1v) is 8.98. The van der Waals surface area contributed by atoms with Crippen molar-refractivity contribution in [1.29, 1.82) is 0 Å². The molecular formula is C19H23ClN4O2. The number of amides is 2. The fourth-order valence-electron chi connectivity index (χ4n) is 2.29. The molecule has 0 saturated heterocycles. The van der Waals surface area contributed by atoms with Crippen LogP contribution in [0.25, 0.3) is 0 Å². The molecule has 26 heavy (non-hydrogen) atoms. The van der Waals surface area contributed by atoms with Crippen LogP contribution in [0.5, 0.6) is 0 Å². The van der Waals surface area contributed by atoms with Gasteiger partial charge in [-0.15, -0.1) is 0 Å². The first kappa shape index (κ1) is 19.8. The van der Waals surface area contributed by atoms with Gasteiger partial charge in [-0.05, 0) is 24.1 Å². The van der Waals surface area contributed by atoms with Crippen LogP contribution >= 0.6 is 11.6 Å². The second-order valence-corrected chi connectivity index (χ2v) is 6.67. The Balaban J connectivity index is 2.03. The van der Waals surface area contributed by atoms with Crippen LogP contribution in [-0.2, 0) is 11.3 Å². The van der Waals surface area contributed by atoms with Gasteiger partial charge in [0.25, 0.3) is 5.91 Å². The van der Waals surface area contributed by atoms with Crippen molar-refractivity contribution in [1.82, 2.24) is 15.3 Å². The standard InChI is InChI=1S/C19H23ClN4O2/c1-4-6-16(25)23-14-8-5-7-13(9-14)10-22-19(26)17-15(20)11-21-18(24-17)12(2)3/h5,7-9,11-12H,4,6,10H2,1-3H3,(H,22,26)(H,23,25). The SMILES string of the molecule is CCCC(=O)Nc1cccc(CNC(=O)c2nc(C(C)C)ncc2Cl)c1. The van der Waals surface area contributed by atoms with Crippen LogP contribution in [0.4, 0.5) is 5.69 Å². The van der Waals surface area contributed by atoms with Crippen LogP contribution in [0.2, 0.25) is 5.02 Å². The second-order valence-electron chi connectivity index (χ2n) is 6.26. The number of hydrogen-bond donors (Lipinski definition) is 2. The summed E-state index contributed by atoms with van der Waals surface area (Å²) in [5.41, 5.74) is 1.73. The number of hydrogen-bond acceptors (Lipinski definition) is 4. The summed E-state index contributed by atoms with van der Waals surface area (Å²) in [5.74, 6) is 0.282. The Bertz CT molecular complexity index is 793. The van der Waals surface area contributed by atoms with Gasteiger partial charge in [-0.2, -0.15) is 0 Å². The predicted octanol–water partition coefficient (Wildman–Crippen LogP) is 3.92. The molecule has 0 aliphatic heterocycles. The first-order valence-electron chi connectivity index (χ1n) is 8.60. The highest BCUT2D eigenvalue weighted by Crippen LogP contribution is 2.17. The number of benzene rings is 1. The van der Waals surface area contributed by atoms with Gasteiger partial charge < -0.3 is 10.6 Å². The van der Waals surface area contributed by atoms with Gasteiger partial charge in [0.15, 0.2) is 0 Å². The lowest BCUT2D eigenvalue weighted by Crippen LogP contribution is -2.25. The highest BCUT2D eigenvalue weighted by atomic mass is 35.5. The molecule has 1 aromatic carbocycles. The molecule has 0 fully saturated rings. The van der Waals surface area contributed by atoms with E-state index in [1.54, 1.807) is 0 Å². The molecule has 0 saturated carbocycles. The zero-order chi connectivity index (χ0) is 19.1. The van der Waals surface area contributed by atoms with Crippen molar-refractivity contribution in [2.24, 2.45) is 0 Å². The van der Waals surface area contributed by atoms with E-state index in [0.29, 0.717) is 24.5 Å². The van der Waals surface area contributed by atoms with E-state index in [2.05, 4.69) is 20.6 Å². The second kappa shape index (κ2) is 9.29. The Kier molecular flexibility index (Phi) is 7.09. The number of nitrogens with zero attached hydrogens (tertiary/aromatic N) is 2. The quantitative estimate of drug-likeness (QED) is 0.769. The Morgan fingerprint density at radius 2 is 2.04 bits per heavy atom. The Morgan fingerprint density at radius 1 is 1.27 bits per heavy atom. The van der Waals surface area contributed by atoms with Crippen LogP contribution in [0.3, 0.4) is 0 Å². The Hall–Kier alpha value is -2.47. The predicted molar refractivity (Wildman–Crippen MR) is 102 cm³/mol. The number of anilines is 1. The van der Waals surface area contributed by atoms with Gasteiger partial charge >= 0.3 is 0 Å². The van der Waals surface area contributed by atoms with Gasteiger partial charge in [0.2, 0.25) is 5.91 Å². The van der Waals surface area contributed by atoms with E-state index in [4.69, 9.17) is 11.6 Å². The smallest absolute Gasteiger partial charge is 0.271 e. The van der Waals surface area contributed by atoms with Gasteiger partial charge in [-0.1, -0.05) is 44.5 Å². The van der Waals surface area contributed by atoms with Gasteiger partial charge in [0, 0.05) is 24.6 Å². The zero-order valence-corrected chi connectivity index (χ0v) is 15.9. The summed E-state index contributed by atoms with van der Waals surface area (Å²) in [6.45, 7) is 6.15. The molecule has 0 spiro atoms. The minimum atomic E-state index is -0.361. The van der Waals surface area contributed by atoms with Crippen molar-refractivity contribution in [3.8, 4) is 0 Å². The molecule has 2 N–H and O–H groups in total. The molecule has 1 aromatic heterocycles. The van der Waals surface area contributed by atoms with Crippen molar-refractivity contribution in [2.75, 3.05) is 5.32 Å². The van der Waals surface area contributed by atoms with Gasteiger partial charge in [-0.3, -0.25) is 9.59 Å². The maximum absolute atomic E-state index is 12.4. The lowest BCUT2D eigenvalue weighted by Gasteiger charge is -2.10. The maximum atomic E-state index is 12.4. The normalized spacial score (nSPS) is 10.7. The molecule has 0 aliphatic rings. The largest absolute Gasteiger partial charge is 0.347 e. The van der Waals surface area contributed by atoms with E-state index in [0.717, 1.165) is 12.0 Å². The van der Waals surface area contributed by atoms with E-state index in [1.165, 1.54) is 6.20 Å². The van der Waals surface area contributed by atoms with Crippen LogP contribution in [0.1, 0.15) is 61.4 Å². The number of carbonyl (C=O) groups excluding carboxylic acids is 2. The van der Waals surface area contributed by atoms with Crippen LogP contribution in [-0.4, -0.2) is 21.8 Å². The molecule has 0 bridgehead atoms. The Morgan fingerprint density at radius 3 is 2.73 bits per heavy atom. The van der Waals surface area contributed by atoms with Crippen molar-refractivity contribution in [2.45, 2.75) is 46.1 Å². The molecular weight excluding hydrogens is 352 g/mol. The van der Waals surface area contributed by atoms with Crippen LogP contribution in [0, 0.1) is 0 Å². The number of aromatic nitrogens is 2. The molecule has 138 valence electrons. The Labute approximate surface area is 158 Å². The topological polar surface area (TPSA) is 84.0 Å². The van der Waals surface area contributed by atoms with Gasteiger partial charge in [-0.25, -0.2) is 9.97 Å². The van der Waals surface area contributed by atoms with E-state index in [1.807, 2.05) is 45.0 Å². The molecule has 0 aliphatic carbocycles. The summed E-state index contributed by atoms with van der Waals surface area (Å²) in [4.78, 5) is 32.5. The average molecular weight is 375 g/mol. The van der Waals surface area contributed by atoms with Crippen molar-refractivity contribution in [3.63, 3.8) is 0 Å². The number of rotatable bonds is 7. The number of carbonyl (C=O) groups is 2. The molecule has 0 atom stereocenters. The fourth-order valence-corrected chi connectivity index (χ4v) is 2.47. The minimum Gasteiger partial charge on any atom is -0.347 e. The third-order valence-corrected chi connectivity index (χ3v) is 3.91. The zero-order valence-electron chi connectivity index (χ0n) is 15.2. The fraction of sp³-hybridized carbons (Fsp3) is 0.368. The van der Waals surface area contributed by atoms with E-state index in [-0.39, 0.29) is 28.4 Å². The maximum Gasteiger partial charge on any atom is 0.271 e. The molecule has 7 heteroatoms. The summed E-state index contributed by atoms with van der Waals surface area (Å²) in [6, 6.07) is 7.35. The molecule has 1 heterocycles. The molecule has 0 unspecified atom stereocenters. The minimum absolute atomic E-state index is 0.0253. The monoisotopic (exact) mass is 374 g/mol. The lowest BCUT2D eigenvalue weighted by molar-refractivity contribution is -0.116. The van der Waals surface area contributed by atoms with Gasteiger partial charge in [0.05, 0.1) is 11.2 Å². The molecule has 0 radical (unpaired) electrons. The molecule has 6 nitrogen and oxygen atoms in total. The first-order chi connectivity index (χ1) is 12.4. The van der Waals surface area contributed by atoms with Crippen LogP contribution < -0.4 is 10.6 Å². The van der Waals surface area contributed by atoms with E-state index in [9.17, 15) is 9.59 Å². The molecule has 2 rings (SSSR count). The third kappa shape index (κ3) is 5.52. The number of halogens is 1.